The minimum absolute atomic E-state index is 0.121. The summed E-state index contributed by atoms with van der Waals surface area (Å²) in [5, 5.41) is 0.232. The molecule has 7 nitrogen and oxygen atoms in total. The summed E-state index contributed by atoms with van der Waals surface area (Å²) < 4.78 is 39.9. The molecule has 0 unspecified atom stereocenters. The second kappa shape index (κ2) is 11.6. The summed E-state index contributed by atoms with van der Waals surface area (Å²) in [6.45, 7) is 15.4. The van der Waals surface area contributed by atoms with Gasteiger partial charge < -0.3 is 14.4 Å². The highest BCUT2D eigenvalue weighted by atomic mass is 32.2. The maximum Gasteiger partial charge on any atom is 0.418 e. The molecule has 1 aliphatic carbocycles. The Morgan fingerprint density at radius 1 is 1.25 bits per heavy atom. The highest BCUT2D eigenvalue weighted by Crippen LogP contribution is 2.67. The van der Waals surface area contributed by atoms with Gasteiger partial charge >= 0.3 is 6.09 Å². The molecule has 2 amide bonds. The number of ether oxygens (including phenoxy) is 2. The standard InChI is InChI=1S/C29H43F2N3O4SSi/c1-19(30)15-20-11-12-22(31)21(16-20)28(5)23-17-29(23,24(35)33(6)7)39-25(32-28)34(26(36)38-27(2,3)4)18-37-13-14-40(8,9)10/h11-12,15-16,23H,13-14,17-18H2,1-10H3/b19-15-/t23-,28+,29-/m0/s1. The molecule has 1 saturated carbocycles. The number of rotatable bonds is 8. The van der Waals surface area contributed by atoms with Crippen molar-refractivity contribution in [1.82, 2.24) is 9.80 Å². The number of benzene rings is 1. The predicted octanol–water partition coefficient (Wildman–Crippen LogP) is 6.87. The van der Waals surface area contributed by atoms with Gasteiger partial charge in [0.05, 0.1) is 11.4 Å². The van der Waals surface area contributed by atoms with Crippen LogP contribution in [0.5, 0.6) is 0 Å². The van der Waals surface area contributed by atoms with E-state index in [9.17, 15) is 14.0 Å². The van der Waals surface area contributed by atoms with Gasteiger partial charge in [0.25, 0.3) is 0 Å². The van der Waals surface area contributed by atoms with Gasteiger partial charge in [-0.3, -0.25) is 9.79 Å². The minimum Gasteiger partial charge on any atom is -0.443 e. The van der Waals surface area contributed by atoms with Crippen molar-refractivity contribution in [2.45, 2.75) is 82.6 Å². The van der Waals surface area contributed by atoms with Crippen LogP contribution in [0.2, 0.25) is 25.7 Å². The second-order valence-electron chi connectivity index (χ2n) is 13.2. The Morgan fingerprint density at radius 3 is 2.45 bits per heavy atom. The van der Waals surface area contributed by atoms with E-state index < -0.39 is 41.7 Å². The molecule has 222 valence electrons. The molecule has 1 aromatic carbocycles. The van der Waals surface area contributed by atoms with Crippen molar-refractivity contribution in [3.8, 4) is 0 Å². The van der Waals surface area contributed by atoms with Crippen LogP contribution in [0.25, 0.3) is 6.08 Å². The van der Waals surface area contributed by atoms with E-state index in [0.29, 0.717) is 18.6 Å². The van der Waals surface area contributed by atoms with E-state index in [4.69, 9.17) is 14.5 Å². The van der Waals surface area contributed by atoms with Crippen molar-refractivity contribution < 1.29 is 27.8 Å². The van der Waals surface area contributed by atoms with Crippen LogP contribution >= 0.6 is 11.8 Å². The quantitative estimate of drug-likeness (QED) is 0.186. The number of fused-ring (bicyclic) bond motifs is 1. The molecule has 3 rings (SSSR count). The van der Waals surface area contributed by atoms with Crippen molar-refractivity contribution in [2.24, 2.45) is 10.9 Å². The molecule has 0 aromatic heterocycles. The number of aliphatic imine (C=N–C) groups is 1. The molecule has 0 radical (unpaired) electrons. The van der Waals surface area contributed by atoms with Crippen molar-refractivity contribution in [3.05, 3.63) is 41.0 Å². The van der Waals surface area contributed by atoms with E-state index in [2.05, 4.69) is 19.6 Å². The van der Waals surface area contributed by atoms with Gasteiger partial charge in [0.2, 0.25) is 5.91 Å². The first-order valence-corrected chi connectivity index (χ1v) is 18.0. The van der Waals surface area contributed by atoms with Gasteiger partial charge in [-0.15, -0.1) is 0 Å². The van der Waals surface area contributed by atoms with Crippen LogP contribution in [-0.2, 0) is 19.8 Å². The lowest BCUT2D eigenvalue weighted by Gasteiger charge is -2.38. The van der Waals surface area contributed by atoms with E-state index in [1.165, 1.54) is 46.7 Å². The Kier molecular flexibility index (Phi) is 9.33. The van der Waals surface area contributed by atoms with Crippen molar-refractivity contribution in [2.75, 3.05) is 27.4 Å². The fourth-order valence-electron chi connectivity index (χ4n) is 4.78. The number of carbonyl (C=O) groups is 2. The molecule has 0 bridgehead atoms. The van der Waals surface area contributed by atoms with Crippen LogP contribution < -0.4 is 0 Å². The highest BCUT2D eigenvalue weighted by Gasteiger charge is 2.71. The summed E-state index contributed by atoms with van der Waals surface area (Å²) in [4.78, 5) is 34.8. The summed E-state index contributed by atoms with van der Waals surface area (Å²) in [5.74, 6) is -1.40. The average molecular weight is 596 g/mol. The first-order valence-electron chi connectivity index (χ1n) is 13.5. The molecule has 1 aliphatic heterocycles. The zero-order chi connectivity index (χ0) is 30.3. The van der Waals surface area contributed by atoms with Crippen LogP contribution in [0.15, 0.2) is 29.0 Å². The molecule has 11 heteroatoms. The van der Waals surface area contributed by atoms with Gasteiger partial charge in [-0.2, -0.15) is 0 Å². The second-order valence-corrected chi connectivity index (χ2v) is 20.1. The van der Waals surface area contributed by atoms with E-state index in [0.717, 1.165) is 6.04 Å². The molecular weight excluding hydrogens is 552 g/mol. The molecule has 40 heavy (non-hydrogen) atoms. The minimum atomic E-state index is -1.39. The van der Waals surface area contributed by atoms with Crippen molar-refractivity contribution >= 4 is 43.1 Å². The highest BCUT2D eigenvalue weighted by molar-refractivity contribution is 8.16. The maximum atomic E-state index is 15.5. The summed E-state index contributed by atoms with van der Waals surface area (Å²) in [7, 11) is 1.97. The molecule has 1 heterocycles. The van der Waals surface area contributed by atoms with Gasteiger partial charge in [0.15, 0.2) is 5.17 Å². The van der Waals surface area contributed by atoms with Crippen LogP contribution in [0, 0.1) is 11.7 Å². The fourth-order valence-corrected chi connectivity index (χ4v) is 7.23. The van der Waals surface area contributed by atoms with Gasteiger partial charge in [0, 0.05) is 40.3 Å². The summed E-state index contributed by atoms with van der Waals surface area (Å²) >= 11 is 1.21. The van der Waals surface area contributed by atoms with Gasteiger partial charge in [-0.1, -0.05) is 37.5 Å². The van der Waals surface area contributed by atoms with E-state index in [-0.39, 0.29) is 29.3 Å². The number of amidine groups is 1. The van der Waals surface area contributed by atoms with Crippen molar-refractivity contribution in [3.63, 3.8) is 0 Å². The van der Waals surface area contributed by atoms with Gasteiger partial charge in [-0.05, 0) is 70.9 Å². The summed E-state index contributed by atoms with van der Waals surface area (Å²) in [5.41, 5.74) is -1.27. The number of thioether (sulfide) groups is 1. The SMILES string of the molecule is C/C(F)=C/c1ccc(F)c([C@@]2(C)N=C(N(COCC[Si](C)(C)C)C(=O)OC(C)(C)C)S[C@@]3(C(=O)N(C)C)C[C@H]32)c1. The van der Waals surface area contributed by atoms with Gasteiger partial charge in [-0.25, -0.2) is 18.5 Å². The van der Waals surface area contributed by atoms with Crippen LogP contribution in [0.1, 0.15) is 52.2 Å². The zero-order valence-corrected chi connectivity index (χ0v) is 27.2. The topological polar surface area (TPSA) is 71.4 Å². The zero-order valence-electron chi connectivity index (χ0n) is 25.4. The van der Waals surface area contributed by atoms with Crippen LogP contribution in [-0.4, -0.2) is 72.8 Å². The van der Waals surface area contributed by atoms with E-state index in [1.807, 2.05) is 0 Å². The fraction of sp³-hybridized carbons (Fsp3) is 0.621. The lowest BCUT2D eigenvalue weighted by Crippen LogP contribution is -2.48. The number of hydrogen-bond donors (Lipinski definition) is 0. The molecule has 1 fully saturated rings. The Labute approximate surface area is 242 Å². The monoisotopic (exact) mass is 595 g/mol. The van der Waals surface area contributed by atoms with Crippen LogP contribution in [0.4, 0.5) is 13.6 Å². The molecular formula is C29H43F2N3O4SSi. The summed E-state index contributed by atoms with van der Waals surface area (Å²) in [6.07, 6.45) is 1.10. The molecule has 3 atom stereocenters. The number of carbonyl (C=O) groups excluding carboxylic acids is 2. The Morgan fingerprint density at radius 2 is 1.90 bits per heavy atom. The normalized spacial score (nSPS) is 24.6. The van der Waals surface area contributed by atoms with Gasteiger partial charge in [0.1, 0.15) is 22.9 Å². The Balaban J connectivity index is 2.13. The molecule has 0 spiro atoms. The average Bonchev–Trinajstić information content (AvgIpc) is 3.54. The predicted molar refractivity (Wildman–Crippen MR) is 160 cm³/mol. The first kappa shape index (κ1) is 32.3. The third-order valence-electron chi connectivity index (χ3n) is 6.92. The number of halogens is 2. The Hall–Kier alpha value is -2.24. The molecule has 2 aliphatic rings. The van der Waals surface area contributed by atoms with Crippen molar-refractivity contribution in [1.29, 1.82) is 0 Å². The smallest absolute Gasteiger partial charge is 0.418 e. The number of allylic oxidation sites excluding steroid dienone is 1. The van der Waals surface area contributed by atoms with E-state index in [1.54, 1.807) is 47.9 Å². The maximum absolute atomic E-state index is 15.5. The lowest BCUT2D eigenvalue weighted by atomic mass is 9.84. The molecule has 1 aromatic rings. The number of hydrogen-bond acceptors (Lipinski definition) is 6. The lowest BCUT2D eigenvalue weighted by molar-refractivity contribution is -0.129. The van der Waals surface area contributed by atoms with E-state index >= 15 is 4.39 Å². The summed E-state index contributed by atoms with van der Waals surface area (Å²) in [6, 6.07) is 5.26. The third-order valence-corrected chi connectivity index (χ3v) is 10.1. The largest absolute Gasteiger partial charge is 0.443 e. The number of amides is 2. The third kappa shape index (κ3) is 7.33. The molecule has 0 N–H and O–H groups in total. The first-order chi connectivity index (χ1) is 18.3. The Bertz CT molecular complexity index is 1210. The van der Waals surface area contributed by atoms with Crippen LogP contribution in [0.3, 0.4) is 0 Å². The molecule has 0 saturated heterocycles. The number of nitrogens with zero attached hydrogens (tertiary/aromatic N) is 3.